The molecule has 0 fully saturated rings. The number of anilines is 1. The number of aromatic nitrogens is 3. The largest absolute Gasteiger partial charge is 0.343 e. The van der Waals surface area contributed by atoms with Crippen molar-refractivity contribution in [2.24, 2.45) is 0 Å². The van der Waals surface area contributed by atoms with Crippen LogP contribution in [-0.2, 0) is 4.79 Å². The molecule has 2 aromatic heterocycles. The van der Waals surface area contributed by atoms with E-state index in [9.17, 15) is 9.59 Å². The molecule has 0 unspecified atom stereocenters. The first-order chi connectivity index (χ1) is 13.1. The third-order valence-corrected chi connectivity index (χ3v) is 6.29. The molecule has 2 aromatic rings. The number of aromatic amines is 1. The summed E-state index contributed by atoms with van der Waals surface area (Å²) < 4.78 is 0. The van der Waals surface area contributed by atoms with Gasteiger partial charge in [-0.3, -0.25) is 14.6 Å². The summed E-state index contributed by atoms with van der Waals surface area (Å²) in [5, 5.41) is 4.26. The van der Waals surface area contributed by atoms with Gasteiger partial charge in [0.15, 0.2) is 10.9 Å². The van der Waals surface area contributed by atoms with Gasteiger partial charge in [-0.15, -0.1) is 0 Å². The van der Waals surface area contributed by atoms with E-state index in [-0.39, 0.29) is 11.3 Å². The Morgan fingerprint density at radius 3 is 2.93 bits per heavy atom. The Hall–Kier alpha value is -2.41. The molecular formula is C20H22N4O2S. The second-order valence-corrected chi connectivity index (χ2v) is 8.41. The van der Waals surface area contributed by atoms with Crippen molar-refractivity contribution < 1.29 is 4.79 Å². The summed E-state index contributed by atoms with van der Waals surface area (Å²) in [5.41, 5.74) is 2.74. The number of H-pyrrole nitrogens is 1. The van der Waals surface area contributed by atoms with E-state index in [4.69, 9.17) is 0 Å². The van der Waals surface area contributed by atoms with Crippen molar-refractivity contribution in [1.29, 1.82) is 0 Å². The van der Waals surface area contributed by atoms with Gasteiger partial charge in [0.1, 0.15) is 5.82 Å². The van der Waals surface area contributed by atoms with Crippen molar-refractivity contribution in [1.82, 2.24) is 15.0 Å². The fourth-order valence-electron chi connectivity index (χ4n) is 3.65. The summed E-state index contributed by atoms with van der Waals surface area (Å²) in [5.74, 6) is 0.240. The number of Topliss-reactive ketones (excluding diaryl/α,β-unsaturated/α-hetero) is 1. The van der Waals surface area contributed by atoms with Crippen LogP contribution in [0.25, 0.3) is 0 Å². The Bertz CT molecular complexity index is 968. The van der Waals surface area contributed by atoms with E-state index in [1.807, 2.05) is 12.1 Å². The van der Waals surface area contributed by atoms with Gasteiger partial charge in [0, 0.05) is 41.3 Å². The van der Waals surface area contributed by atoms with E-state index in [1.165, 1.54) is 0 Å². The number of carbonyl (C=O) groups excluding carboxylic acids is 1. The number of pyridine rings is 1. The second kappa shape index (κ2) is 7.31. The van der Waals surface area contributed by atoms with E-state index in [0.717, 1.165) is 30.5 Å². The molecule has 2 atom stereocenters. The third kappa shape index (κ3) is 3.32. The number of fused-ring (bicyclic) bond motifs is 1. The maximum atomic E-state index is 13.0. The Labute approximate surface area is 161 Å². The lowest BCUT2D eigenvalue weighted by molar-refractivity contribution is -0.116. The molecule has 0 saturated heterocycles. The minimum atomic E-state index is -0.420. The monoisotopic (exact) mass is 382 g/mol. The second-order valence-electron chi connectivity index (χ2n) is 6.98. The van der Waals surface area contributed by atoms with Crippen LogP contribution in [0.3, 0.4) is 0 Å². The van der Waals surface area contributed by atoms with Crippen LogP contribution in [-0.4, -0.2) is 26.0 Å². The highest BCUT2D eigenvalue weighted by Gasteiger charge is 2.37. The van der Waals surface area contributed by atoms with E-state index in [1.54, 1.807) is 24.2 Å². The Balaban J connectivity index is 1.88. The number of thioether (sulfide) groups is 1. The molecule has 4 rings (SSSR count). The number of ketones is 1. The zero-order valence-electron chi connectivity index (χ0n) is 15.4. The molecule has 2 N–H and O–H groups in total. The molecule has 0 radical (unpaired) electrons. The summed E-state index contributed by atoms with van der Waals surface area (Å²) >= 11 is 1.56. The summed E-state index contributed by atoms with van der Waals surface area (Å²) in [7, 11) is 0. The molecule has 27 heavy (non-hydrogen) atoms. The molecule has 0 bridgehead atoms. The predicted molar refractivity (Wildman–Crippen MR) is 106 cm³/mol. The summed E-state index contributed by atoms with van der Waals surface area (Å²) in [4.78, 5) is 37.5. The Morgan fingerprint density at radius 1 is 1.33 bits per heavy atom. The van der Waals surface area contributed by atoms with E-state index in [2.05, 4.69) is 34.1 Å². The summed E-state index contributed by atoms with van der Waals surface area (Å²) in [6, 6.07) is 3.75. The van der Waals surface area contributed by atoms with Crippen LogP contribution in [0.5, 0.6) is 0 Å². The van der Waals surface area contributed by atoms with Crippen LogP contribution in [0.15, 0.2) is 45.7 Å². The van der Waals surface area contributed by atoms with Crippen molar-refractivity contribution in [2.75, 3.05) is 5.32 Å². The number of carbonyl (C=O) groups is 1. The highest BCUT2D eigenvalue weighted by molar-refractivity contribution is 7.99. The predicted octanol–water partition coefficient (Wildman–Crippen LogP) is 3.62. The summed E-state index contributed by atoms with van der Waals surface area (Å²) in [6.07, 6.45) is 6.53. The molecule has 140 valence electrons. The fourth-order valence-corrected chi connectivity index (χ4v) is 4.49. The van der Waals surface area contributed by atoms with Crippen LogP contribution in [0.1, 0.15) is 56.6 Å². The molecule has 0 aromatic carbocycles. The van der Waals surface area contributed by atoms with Crippen molar-refractivity contribution in [3.8, 4) is 0 Å². The number of nitrogens with one attached hydrogen (secondary N) is 2. The molecule has 2 aliphatic rings. The number of rotatable bonds is 4. The minimum absolute atomic E-state index is 0.0979. The van der Waals surface area contributed by atoms with Gasteiger partial charge in [0.25, 0.3) is 5.56 Å². The van der Waals surface area contributed by atoms with Gasteiger partial charge < -0.3 is 10.3 Å². The number of hydrogen-bond acceptors (Lipinski definition) is 6. The zero-order chi connectivity index (χ0) is 19.0. The van der Waals surface area contributed by atoms with Crippen LogP contribution >= 0.6 is 11.8 Å². The van der Waals surface area contributed by atoms with Crippen LogP contribution in [0, 0.1) is 0 Å². The topological polar surface area (TPSA) is 87.7 Å². The van der Waals surface area contributed by atoms with Gasteiger partial charge in [-0.1, -0.05) is 31.7 Å². The SMILES string of the molecule is CC[C@@H](C)Sc1nc2c(c(=O)[nH]1)[C@@H](c1cccnc1)C1=C(CCCC1=O)N2. The average molecular weight is 382 g/mol. The molecule has 1 aliphatic heterocycles. The van der Waals surface area contributed by atoms with Crippen LogP contribution in [0.4, 0.5) is 5.82 Å². The maximum absolute atomic E-state index is 13.0. The van der Waals surface area contributed by atoms with Crippen molar-refractivity contribution in [2.45, 2.75) is 55.9 Å². The maximum Gasteiger partial charge on any atom is 0.257 e. The fraction of sp³-hybridized carbons (Fsp3) is 0.400. The summed E-state index contributed by atoms with van der Waals surface area (Å²) in [6.45, 7) is 4.21. The number of allylic oxidation sites excluding steroid dienone is 2. The highest BCUT2D eigenvalue weighted by atomic mass is 32.2. The lowest BCUT2D eigenvalue weighted by Crippen LogP contribution is -2.32. The molecule has 6 nitrogen and oxygen atoms in total. The number of hydrogen-bond donors (Lipinski definition) is 2. The van der Waals surface area contributed by atoms with Gasteiger partial charge in [0.05, 0.1) is 5.56 Å². The molecule has 0 amide bonds. The quantitative estimate of drug-likeness (QED) is 0.620. The Kier molecular flexibility index (Phi) is 4.86. The first kappa shape index (κ1) is 18.0. The molecule has 3 heterocycles. The molecule has 0 spiro atoms. The van der Waals surface area contributed by atoms with Crippen LogP contribution in [0.2, 0.25) is 0 Å². The minimum Gasteiger partial charge on any atom is -0.343 e. The van der Waals surface area contributed by atoms with Crippen LogP contribution < -0.4 is 10.9 Å². The zero-order valence-corrected chi connectivity index (χ0v) is 16.2. The smallest absolute Gasteiger partial charge is 0.257 e. The average Bonchev–Trinajstić information content (AvgIpc) is 2.67. The van der Waals surface area contributed by atoms with Gasteiger partial charge in [0.2, 0.25) is 0 Å². The van der Waals surface area contributed by atoms with Crippen molar-refractivity contribution in [3.63, 3.8) is 0 Å². The third-order valence-electron chi connectivity index (χ3n) is 5.14. The molecule has 7 heteroatoms. The highest BCUT2D eigenvalue weighted by Crippen LogP contribution is 2.43. The molecule has 1 aliphatic carbocycles. The first-order valence-corrected chi connectivity index (χ1v) is 10.2. The molecule has 0 saturated carbocycles. The lowest BCUT2D eigenvalue weighted by Gasteiger charge is -2.32. The lowest BCUT2D eigenvalue weighted by atomic mass is 9.77. The van der Waals surface area contributed by atoms with E-state index >= 15 is 0 Å². The van der Waals surface area contributed by atoms with Gasteiger partial charge in [-0.05, 0) is 30.9 Å². The van der Waals surface area contributed by atoms with Crippen molar-refractivity contribution >= 4 is 23.4 Å². The van der Waals surface area contributed by atoms with Crippen molar-refractivity contribution in [3.05, 3.63) is 57.3 Å². The Morgan fingerprint density at radius 2 is 2.19 bits per heavy atom. The standard InChI is InChI=1S/C20H22N4O2S/c1-3-11(2)27-20-23-18-17(19(26)24-20)15(12-6-5-9-21-10-12)16-13(22-18)7-4-8-14(16)25/h5-6,9-11,15H,3-4,7-8H2,1-2H3,(H2,22,23,24,26)/t11-,15+/m1/s1. The van der Waals surface area contributed by atoms with Gasteiger partial charge >= 0.3 is 0 Å². The van der Waals surface area contributed by atoms with Gasteiger partial charge in [-0.2, -0.15) is 0 Å². The normalized spacial score (nSPS) is 19.9. The van der Waals surface area contributed by atoms with Gasteiger partial charge in [-0.25, -0.2) is 4.98 Å². The van der Waals surface area contributed by atoms with E-state index in [0.29, 0.717) is 33.8 Å². The molecular weight excluding hydrogens is 360 g/mol. The first-order valence-electron chi connectivity index (χ1n) is 9.32. The van der Waals surface area contributed by atoms with E-state index < -0.39 is 5.92 Å². The number of nitrogens with zero attached hydrogens (tertiary/aromatic N) is 2.